The predicted octanol–water partition coefficient (Wildman–Crippen LogP) is 4.27. The molecule has 0 fully saturated rings. The van der Waals surface area contributed by atoms with Gasteiger partial charge in [-0.3, -0.25) is 0 Å². The van der Waals surface area contributed by atoms with Gasteiger partial charge in [-0.1, -0.05) is 41.4 Å². The average Bonchev–Trinajstić information content (AvgIpc) is 2.55. The molecule has 0 amide bonds. The van der Waals surface area contributed by atoms with Crippen molar-refractivity contribution in [3.05, 3.63) is 63.6 Å². The first-order chi connectivity index (χ1) is 11.2. The Balaban J connectivity index is 1.78. The predicted molar refractivity (Wildman–Crippen MR) is 97.5 cm³/mol. The first-order valence-corrected chi connectivity index (χ1v) is 8.45. The molecule has 0 radical (unpaired) electrons. The average molecular weight is 353 g/mol. The maximum Gasteiger partial charge on any atom is 0.119 e. The Bertz CT molecular complexity index is 602. The van der Waals surface area contributed by atoms with E-state index in [9.17, 15) is 0 Å². The summed E-state index contributed by atoms with van der Waals surface area (Å²) in [5.74, 6) is 0.829. The van der Waals surface area contributed by atoms with Gasteiger partial charge >= 0.3 is 0 Å². The number of halogens is 2. The molecular formula is C18H22Cl2N2O. The number of ether oxygens (including phenoxy) is 1. The van der Waals surface area contributed by atoms with E-state index in [0.717, 1.165) is 37.4 Å². The van der Waals surface area contributed by atoms with Crippen molar-refractivity contribution in [3.8, 4) is 5.75 Å². The highest BCUT2D eigenvalue weighted by Crippen LogP contribution is 2.22. The summed E-state index contributed by atoms with van der Waals surface area (Å²) in [6.45, 7) is 3.34. The molecule has 2 aromatic carbocycles. The monoisotopic (exact) mass is 352 g/mol. The lowest BCUT2D eigenvalue weighted by molar-refractivity contribution is 0.306. The van der Waals surface area contributed by atoms with E-state index in [0.29, 0.717) is 16.7 Å². The second-order valence-electron chi connectivity index (χ2n) is 5.30. The molecule has 2 aromatic rings. The molecule has 5 heteroatoms. The fraction of sp³-hybridized carbons (Fsp3) is 0.333. The normalized spacial score (nSPS) is 10.7. The SMILES string of the molecule is CNCCCNCc1ccc(OCc2ccc(Cl)cc2Cl)cc1. The zero-order valence-electron chi connectivity index (χ0n) is 13.2. The largest absolute Gasteiger partial charge is 0.489 e. The lowest BCUT2D eigenvalue weighted by Gasteiger charge is -2.09. The van der Waals surface area contributed by atoms with Crippen molar-refractivity contribution in [1.29, 1.82) is 0 Å². The summed E-state index contributed by atoms with van der Waals surface area (Å²) in [5.41, 5.74) is 2.16. The third kappa shape index (κ3) is 6.40. The van der Waals surface area contributed by atoms with Crippen LogP contribution in [-0.4, -0.2) is 20.1 Å². The molecule has 0 heterocycles. The van der Waals surface area contributed by atoms with Gasteiger partial charge in [0, 0.05) is 22.2 Å². The van der Waals surface area contributed by atoms with Crippen LogP contribution in [0.3, 0.4) is 0 Å². The third-order valence-corrected chi connectivity index (χ3v) is 4.03. The zero-order valence-corrected chi connectivity index (χ0v) is 14.8. The maximum absolute atomic E-state index is 6.14. The van der Waals surface area contributed by atoms with Crippen molar-refractivity contribution >= 4 is 23.2 Å². The summed E-state index contributed by atoms with van der Waals surface area (Å²) in [6.07, 6.45) is 1.12. The van der Waals surface area contributed by atoms with E-state index in [2.05, 4.69) is 22.8 Å². The van der Waals surface area contributed by atoms with Crippen LogP contribution in [0.4, 0.5) is 0 Å². The van der Waals surface area contributed by atoms with E-state index in [1.165, 1.54) is 5.56 Å². The van der Waals surface area contributed by atoms with E-state index >= 15 is 0 Å². The van der Waals surface area contributed by atoms with Crippen molar-refractivity contribution in [2.75, 3.05) is 20.1 Å². The highest BCUT2D eigenvalue weighted by molar-refractivity contribution is 6.35. The van der Waals surface area contributed by atoms with Crippen LogP contribution in [0.15, 0.2) is 42.5 Å². The second-order valence-corrected chi connectivity index (χ2v) is 6.15. The summed E-state index contributed by atoms with van der Waals surface area (Å²) in [6, 6.07) is 13.5. The van der Waals surface area contributed by atoms with E-state index in [4.69, 9.17) is 27.9 Å². The summed E-state index contributed by atoms with van der Waals surface area (Å²) in [4.78, 5) is 0. The topological polar surface area (TPSA) is 33.3 Å². The van der Waals surface area contributed by atoms with Crippen molar-refractivity contribution in [1.82, 2.24) is 10.6 Å². The molecule has 23 heavy (non-hydrogen) atoms. The van der Waals surface area contributed by atoms with Crippen LogP contribution < -0.4 is 15.4 Å². The minimum absolute atomic E-state index is 0.428. The van der Waals surface area contributed by atoms with Crippen LogP contribution in [0, 0.1) is 0 Å². The molecule has 0 aliphatic heterocycles. The Kier molecular flexibility index (Phi) is 7.69. The highest BCUT2D eigenvalue weighted by Gasteiger charge is 2.03. The first kappa shape index (κ1) is 18.1. The van der Waals surface area contributed by atoms with Crippen LogP contribution >= 0.6 is 23.2 Å². The summed E-state index contributed by atoms with van der Waals surface area (Å²) in [7, 11) is 1.97. The Morgan fingerprint density at radius 1 is 1.00 bits per heavy atom. The van der Waals surface area contributed by atoms with Gasteiger partial charge in [0.2, 0.25) is 0 Å². The molecule has 0 atom stereocenters. The van der Waals surface area contributed by atoms with Crippen LogP contribution in [0.5, 0.6) is 5.75 Å². The van der Waals surface area contributed by atoms with E-state index < -0.39 is 0 Å². The van der Waals surface area contributed by atoms with Crippen LogP contribution in [-0.2, 0) is 13.2 Å². The molecule has 0 bridgehead atoms. The van der Waals surface area contributed by atoms with Crippen LogP contribution in [0.2, 0.25) is 10.0 Å². The fourth-order valence-corrected chi connectivity index (χ4v) is 2.59. The highest BCUT2D eigenvalue weighted by atomic mass is 35.5. The van der Waals surface area contributed by atoms with Gasteiger partial charge in [-0.25, -0.2) is 0 Å². The summed E-state index contributed by atoms with van der Waals surface area (Å²) in [5, 5.41) is 7.81. The quantitative estimate of drug-likeness (QED) is 0.661. The smallest absolute Gasteiger partial charge is 0.119 e. The van der Waals surface area contributed by atoms with Gasteiger partial charge in [0.1, 0.15) is 12.4 Å². The standard InChI is InChI=1S/C18H22Cl2N2O/c1-21-9-2-10-22-12-14-3-7-17(8-4-14)23-13-15-5-6-16(19)11-18(15)20/h3-8,11,21-22H,2,9-10,12-13H2,1H3. The zero-order chi connectivity index (χ0) is 16.5. The van der Waals surface area contributed by atoms with Crippen molar-refractivity contribution in [2.45, 2.75) is 19.6 Å². The lowest BCUT2D eigenvalue weighted by atomic mass is 10.2. The van der Waals surface area contributed by atoms with Crippen LogP contribution in [0.25, 0.3) is 0 Å². The maximum atomic E-state index is 6.14. The van der Waals surface area contributed by atoms with Gasteiger partial charge in [0.05, 0.1) is 0 Å². The van der Waals surface area contributed by atoms with Gasteiger partial charge in [0.25, 0.3) is 0 Å². The molecule has 3 nitrogen and oxygen atoms in total. The Morgan fingerprint density at radius 2 is 1.78 bits per heavy atom. The van der Waals surface area contributed by atoms with Crippen molar-refractivity contribution in [3.63, 3.8) is 0 Å². The van der Waals surface area contributed by atoms with Crippen molar-refractivity contribution < 1.29 is 4.74 Å². The summed E-state index contributed by atoms with van der Waals surface area (Å²) >= 11 is 12.0. The van der Waals surface area contributed by atoms with Gasteiger partial charge in [-0.05, 0) is 56.4 Å². The molecule has 0 aliphatic carbocycles. The molecule has 0 spiro atoms. The van der Waals surface area contributed by atoms with Gasteiger partial charge in [-0.2, -0.15) is 0 Å². The molecular weight excluding hydrogens is 331 g/mol. The summed E-state index contributed by atoms with van der Waals surface area (Å²) < 4.78 is 5.77. The fourth-order valence-electron chi connectivity index (χ4n) is 2.13. The van der Waals surface area contributed by atoms with E-state index in [-0.39, 0.29) is 0 Å². The Hall–Kier alpha value is -1.26. The van der Waals surface area contributed by atoms with Crippen LogP contribution in [0.1, 0.15) is 17.5 Å². The Morgan fingerprint density at radius 3 is 2.48 bits per heavy atom. The van der Waals surface area contributed by atoms with Crippen molar-refractivity contribution in [2.24, 2.45) is 0 Å². The molecule has 2 rings (SSSR count). The lowest BCUT2D eigenvalue weighted by Crippen LogP contribution is -2.19. The number of rotatable bonds is 9. The van der Waals surface area contributed by atoms with Gasteiger partial charge in [0.15, 0.2) is 0 Å². The minimum atomic E-state index is 0.428. The van der Waals surface area contributed by atoms with E-state index in [1.807, 2.05) is 31.3 Å². The molecule has 0 saturated carbocycles. The number of hydrogen-bond donors (Lipinski definition) is 2. The Labute approximate surface area is 147 Å². The molecule has 0 saturated heterocycles. The molecule has 0 unspecified atom stereocenters. The third-order valence-electron chi connectivity index (χ3n) is 3.44. The minimum Gasteiger partial charge on any atom is -0.489 e. The van der Waals surface area contributed by atoms with Gasteiger partial charge < -0.3 is 15.4 Å². The van der Waals surface area contributed by atoms with E-state index in [1.54, 1.807) is 6.07 Å². The number of nitrogens with one attached hydrogen (secondary N) is 2. The van der Waals surface area contributed by atoms with Gasteiger partial charge in [-0.15, -0.1) is 0 Å². The molecule has 0 aliphatic rings. The molecule has 124 valence electrons. The second kappa shape index (κ2) is 9.78. The number of benzene rings is 2. The molecule has 2 N–H and O–H groups in total. The molecule has 0 aromatic heterocycles. The number of hydrogen-bond acceptors (Lipinski definition) is 3. The first-order valence-electron chi connectivity index (χ1n) is 7.70.